The molecule has 5 nitrogen and oxygen atoms in total. The lowest BCUT2D eigenvalue weighted by molar-refractivity contribution is 0.576. The SMILES string of the molecule is O=c1cc(Nc2ccc3c(c2)CCC3)[nH]c(=O)n1CC1CC1. The number of aryl methyl sites for hydroxylation is 2. The predicted molar refractivity (Wildman–Crippen MR) is 85.8 cm³/mol. The number of hydrogen-bond acceptors (Lipinski definition) is 3. The molecular weight excluding hydrogens is 278 g/mol. The standard InChI is InChI=1S/C17H19N3O2/c21-16-9-15(19-17(22)20(16)10-11-4-5-11)18-14-7-6-12-2-1-3-13(12)8-14/h6-9,11,18H,1-5,10H2,(H,19,22). The van der Waals surface area contributed by atoms with Crippen molar-refractivity contribution in [3.05, 3.63) is 56.2 Å². The van der Waals surface area contributed by atoms with Crippen LogP contribution >= 0.6 is 0 Å². The number of aromatic nitrogens is 2. The van der Waals surface area contributed by atoms with Gasteiger partial charge in [0.1, 0.15) is 5.82 Å². The van der Waals surface area contributed by atoms with Crippen molar-refractivity contribution in [1.82, 2.24) is 9.55 Å². The summed E-state index contributed by atoms with van der Waals surface area (Å²) >= 11 is 0. The number of benzene rings is 1. The van der Waals surface area contributed by atoms with E-state index in [2.05, 4.69) is 22.4 Å². The van der Waals surface area contributed by atoms with Crippen LogP contribution in [0.4, 0.5) is 11.5 Å². The summed E-state index contributed by atoms with van der Waals surface area (Å²) < 4.78 is 1.30. The number of hydrogen-bond donors (Lipinski definition) is 2. The first-order chi connectivity index (χ1) is 10.7. The monoisotopic (exact) mass is 297 g/mol. The van der Waals surface area contributed by atoms with E-state index in [0.29, 0.717) is 18.3 Å². The minimum absolute atomic E-state index is 0.237. The summed E-state index contributed by atoms with van der Waals surface area (Å²) in [5.41, 5.74) is 3.10. The van der Waals surface area contributed by atoms with Crippen molar-refractivity contribution in [3.63, 3.8) is 0 Å². The molecule has 0 saturated heterocycles. The Kier molecular flexibility index (Phi) is 3.13. The molecular formula is C17H19N3O2. The average molecular weight is 297 g/mol. The van der Waals surface area contributed by atoms with Gasteiger partial charge in [-0.3, -0.25) is 14.3 Å². The molecule has 0 atom stereocenters. The molecule has 5 heteroatoms. The van der Waals surface area contributed by atoms with Gasteiger partial charge < -0.3 is 5.32 Å². The van der Waals surface area contributed by atoms with Crippen molar-refractivity contribution in [1.29, 1.82) is 0 Å². The topological polar surface area (TPSA) is 66.9 Å². The van der Waals surface area contributed by atoms with E-state index >= 15 is 0 Å². The van der Waals surface area contributed by atoms with Crippen molar-refractivity contribution < 1.29 is 0 Å². The van der Waals surface area contributed by atoms with Crippen LogP contribution in [0.25, 0.3) is 0 Å². The van der Waals surface area contributed by atoms with Gasteiger partial charge in [0.05, 0.1) is 0 Å². The van der Waals surface area contributed by atoms with Crippen LogP contribution in [0, 0.1) is 5.92 Å². The average Bonchev–Trinajstić information content (AvgIpc) is 3.18. The third-order valence-electron chi connectivity index (χ3n) is 4.54. The quantitative estimate of drug-likeness (QED) is 0.909. The van der Waals surface area contributed by atoms with E-state index in [9.17, 15) is 9.59 Å². The number of nitrogens with one attached hydrogen (secondary N) is 2. The van der Waals surface area contributed by atoms with Crippen molar-refractivity contribution in [2.24, 2.45) is 5.92 Å². The third-order valence-corrected chi connectivity index (χ3v) is 4.54. The first kappa shape index (κ1) is 13.4. The highest BCUT2D eigenvalue weighted by atomic mass is 16.2. The highest BCUT2D eigenvalue weighted by molar-refractivity contribution is 5.58. The second kappa shape index (κ2) is 5.16. The molecule has 0 unspecified atom stereocenters. The molecule has 2 aromatic rings. The Hall–Kier alpha value is -2.30. The maximum atomic E-state index is 12.1. The number of rotatable bonds is 4. The molecule has 22 heavy (non-hydrogen) atoms. The predicted octanol–water partition coefficient (Wildman–Crippen LogP) is 2.18. The molecule has 0 amide bonds. The maximum Gasteiger partial charge on any atom is 0.329 e. The summed E-state index contributed by atoms with van der Waals surface area (Å²) in [7, 11) is 0. The highest BCUT2D eigenvalue weighted by Crippen LogP contribution is 2.29. The van der Waals surface area contributed by atoms with Crippen molar-refractivity contribution in [3.8, 4) is 0 Å². The summed E-state index contributed by atoms with van der Waals surface area (Å²) in [6.45, 7) is 0.535. The molecule has 2 aliphatic carbocycles. The summed E-state index contributed by atoms with van der Waals surface area (Å²) in [4.78, 5) is 26.9. The summed E-state index contributed by atoms with van der Waals surface area (Å²) in [6.07, 6.45) is 5.67. The normalized spacial score (nSPS) is 16.5. The lowest BCUT2D eigenvalue weighted by atomic mass is 10.1. The lowest BCUT2D eigenvalue weighted by Gasteiger charge is -2.09. The number of fused-ring (bicyclic) bond motifs is 1. The van der Waals surface area contributed by atoms with Gasteiger partial charge in [0, 0.05) is 18.3 Å². The summed E-state index contributed by atoms with van der Waals surface area (Å²) in [5, 5.41) is 3.14. The second-order valence-corrected chi connectivity index (χ2v) is 6.34. The Morgan fingerprint density at radius 1 is 1.14 bits per heavy atom. The number of nitrogens with zero attached hydrogens (tertiary/aromatic N) is 1. The van der Waals surface area contributed by atoms with E-state index in [1.54, 1.807) is 0 Å². The first-order valence-electron chi connectivity index (χ1n) is 7.92. The molecule has 1 aromatic heterocycles. The number of H-pyrrole nitrogens is 1. The van der Waals surface area contributed by atoms with Crippen molar-refractivity contribution in [2.75, 3.05) is 5.32 Å². The number of aromatic amines is 1. The minimum atomic E-state index is -0.330. The highest BCUT2D eigenvalue weighted by Gasteiger charge is 2.23. The van der Waals surface area contributed by atoms with Crippen LogP contribution in [-0.4, -0.2) is 9.55 Å². The molecule has 2 aliphatic rings. The third kappa shape index (κ3) is 2.58. The Labute approximate surface area is 128 Å². The zero-order valence-electron chi connectivity index (χ0n) is 12.4. The van der Waals surface area contributed by atoms with Crippen LogP contribution in [0.1, 0.15) is 30.4 Å². The fraction of sp³-hybridized carbons (Fsp3) is 0.412. The van der Waals surface area contributed by atoms with Crippen LogP contribution in [-0.2, 0) is 19.4 Å². The Balaban J connectivity index is 1.60. The largest absolute Gasteiger partial charge is 0.342 e. The van der Waals surface area contributed by atoms with E-state index in [1.807, 2.05) is 6.07 Å². The van der Waals surface area contributed by atoms with Gasteiger partial charge >= 0.3 is 5.69 Å². The van der Waals surface area contributed by atoms with Gasteiger partial charge in [0.15, 0.2) is 0 Å². The van der Waals surface area contributed by atoms with E-state index in [4.69, 9.17) is 0 Å². The van der Waals surface area contributed by atoms with Gasteiger partial charge in [-0.15, -0.1) is 0 Å². The Bertz CT molecular complexity index is 799. The van der Waals surface area contributed by atoms with Gasteiger partial charge in [0.2, 0.25) is 0 Å². The molecule has 1 fully saturated rings. The molecule has 0 aliphatic heterocycles. The van der Waals surface area contributed by atoms with Crippen LogP contribution in [0.2, 0.25) is 0 Å². The summed E-state index contributed by atoms with van der Waals surface area (Å²) in [5.74, 6) is 0.953. The molecule has 0 radical (unpaired) electrons. The Morgan fingerprint density at radius 3 is 2.73 bits per heavy atom. The van der Waals surface area contributed by atoms with Crippen molar-refractivity contribution in [2.45, 2.75) is 38.6 Å². The zero-order chi connectivity index (χ0) is 15.1. The van der Waals surface area contributed by atoms with Crippen LogP contribution in [0.5, 0.6) is 0 Å². The fourth-order valence-electron chi connectivity index (χ4n) is 3.12. The maximum absolute atomic E-state index is 12.1. The van der Waals surface area contributed by atoms with Crippen LogP contribution < -0.4 is 16.6 Å². The molecule has 0 spiro atoms. The second-order valence-electron chi connectivity index (χ2n) is 6.34. The smallest absolute Gasteiger partial charge is 0.329 e. The fourth-order valence-corrected chi connectivity index (χ4v) is 3.12. The van der Waals surface area contributed by atoms with Gasteiger partial charge in [-0.25, -0.2) is 4.79 Å². The molecule has 1 aromatic carbocycles. The summed E-state index contributed by atoms with van der Waals surface area (Å²) in [6, 6.07) is 7.70. The molecule has 0 bridgehead atoms. The van der Waals surface area contributed by atoms with Gasteiger partial charge in [-0.1, -0.05) is 6.07 Å². The minimum Gasteiger partial charge on any atom is -0.342 e. The first-order valence-corrected chi connectivity index (χ1v) is 7.92. The van der Waals surface area contributed by atoms with Gasteiger partial charge in [-0.2, -0.15) is 0 Å². The molecule has 114 valence electrons. The van der Waals surface area contributed by atoms with Gasteiger partial charge in [-0.05, 0) is 61.3 Å². The van der Waals surface area contributed by atoms with Crippen LogP contribution in [0.15, 0.2) is 33.9 Å². The van der Waals surface area contributed by atoms with E-state index < -0.39 is 0 Å². The zero-order valence-corrected chi connectivity index (χ0v) is 12.4. The van der Waals surface area contributed by atoms with Crippen molar-refractivity contribution >= 4 is 11.5 Å². The van der Waals surface area contributed by atoms with E-state index in [1.165, 1.54) is 28.2 Å². The Morgan fingerprint density at radius 2 is 1.95 bits per heavy atom. The lowest BCUT2D eigenvalue weighted by Crippen LogP contribution is -2.35. The molecule has 1 heterocycles. The van der Waals surface area contributed by atoms with Crippen LogP contribution in [0.3, 0.4) is 0 Å². The van der Waals surface area contributed by atoms with E-state index in [-0.39, 0.29) is 11.2 Å². The molecule has 2 N–H and O–H groups in total. The van der Waals surface area contributed by atoms with Gasteiger partial charge in [0.25, 0.3) is 5.56 Å². The number of anilines is 2. The van der Waals surface area contributed by atoms with E-state index in [0.717, 1.165) is 31.4 Å². The molecule has 4 rings (SSSR count). The molecule has 1 saturated carbocycles.